The van der Waals surface area contributed by atoms with Crippen molar-refractivity contribution < 1.29 is 9.53 Å². The Morgan fingerprint density at radius 1 is 1.62 bits per heavy atom. The Bertz CT molecular complexity index is 166. The molecule has 1 N–H and O–H groups in total. The van der Waals surface area contributed by atoms with Gasteiger partial charge in [0.1, 0.15) is 0 Å². The van der Waals surface area contributed by atoms with Gasteiger partial charge in [0.05, 0.1) is 12.5 Å². The molecule has 0 aliphatic carbocycles. The van der Waals surface area contributed by atoms with Crippen LogP contribution in [0.3, 0.4) is 0 Å². The number of ether oxygens (including phenoxy) is 1. The van der Waals surface area contributed by atoms with Crippen LogP contribution in [0.15, 0.2) is 0 Å². The summed E-state index contributed by atoms with van der Waals surface area (Å²) in [5.74, 6) is 0.595. The van der Waals surface area contributed by atoms with Crippen LogP contribution in [0.1, 0.15) is 26.7 Å². The topological polar surface area (TPSA) is 38.3 Å². The standard InChI is InChI=1S/C10H19NO2/c1-3-4-8(2)7-13-10(12)9-5-11-6-9/h8-9,11H,3-7H2,1-2H3. The van der Waals surface area contributed by atoms with Crippen molar-refractivity contribution in [2.24, 2.45) is 11.8 Å². The van der Waals surface area contributed by atoms with Crippen molar-refractivity contribution in [2.45, 2.75) is 26.7 Å². The van der Waals surface area contributed by atoms with Crippen molar-refractivity contribution in [3.05, 3.63) is 0 Å². The number of nitrogens with one attached hydrogen (secondary N) is 1. The SMILES string of the molecule is CCCC(C)COC(=O)C1CNC1. The van der Waals surface area contributed by atoms with Crippen LogP contribution in [0, 0.1) is 11.8 Å². The molecule has 1 unspecified atom stereocenters. The van der Waals surface area contributed by atoms with Crippen LogP contribution in [-0.4, -0.2) is 25.7 Å². The Hall–Kier alpha value is -0.570. The van der Waals surface area contributed by atoms with Crippen molar-refractivity contribution in [3.8, 4) is 0 Å². The van der Waals surface area contributed by atoms with E-state index in [1.165, 1.54) is 0 Å². The highest BCUT2D eigenvalue weighted by molar-refractivity contribution is 5.73. The number of carbonyl (C=O) groups excluding carboxylic acids is 1. The van der Waals surface area contributed by atoms with Crippen molar-refractivity contribution in [1.82, 2.24) is 5.32 Å². The van der Waals surface area contributed by atoms with Crippen LogP contribution in [-0.2, 0) is 9.53 Å². The van der Waals surface area contributed by atoms with Crippen LogP contribution in [0.5, 0.6) is 0 Å². The molecule has 76 valence electrons. The molecule has 1 aliphatic heterocycles. The summed E-state index contributed by atoms with van der Waals surface area (Å²) in [5.41, 5.74) is 0. The van der Waals surface area contributed by atoms with Gasteiger partial charge in [-0.3, -0.25) is 4.79 Å². The molecular weight excluding hydrogens is 166 g/mol. The molecule has 0 saturated carbocycles. The average molecular weight is 185 g/mol. The third-order valence-electron chi connectivity index (χ3n) is 2.41. The largest absolute Gasteiger partial charge is 0.465 e. The molecule has 0 spiro atoms. The molecular formula is C10H19NO2. The molecule has 1 aliphatic rings. The fourth-order valence-corrected chi connectivity index (χ4v) is 1.37. The van der Waals surface area contributed by atoms with Gasteiger partial charge in [0.25, 0.3) is 0 Å². The maximum atomic E-state index is 11.3. The molecule has 0 bridgehead atoms. The Labute approximate surface area is 79.8 Å². The maximum absolute atomic E-state index is 11.3. The summed E-state index contributed by atoms with van der Waals surface area (Å²) in [4.78, 5) is 11.3. The van der Waals surface area contributed by atoms with E-state index in [2.05, 4.69) is 19.2 Å². The molecule has 0 radical (unpaired) electrons. The fourth-order valence-electron chi connectivity index (χ4n) is 1.37. The molecule has 1 rings (SSSR count). The predicted molar refractivity (Wildman–Crippen MR) is 51.4 cm³/mol. The fraction of sp³-hybridized carbons (Fsp3) is 0.900. The molecule has 0 aromatic heterocycles. The first kappa shape index (κ1) is 10.5. The maximum Gasteiger partial charge on any atom is 0.311 e. The second-order valence-corrected chi connectivity index (χ2v) is 3.88. The second-order valence-electron chi connectivity index (χ2n) is 3.88. The summed E-state index contributed by atoms with van der Waals surface area (Å²) < 4.78 is 5.18. The van der Waals surface area contributed by atoms with Gasteiger partial charge in [0, 0.05) is 13.1 Å². The molecule has 1 fully saturated rings. The van der Waals surface area contributed by atoms with Gasteiger partial charge in [-0.2, -0.15) is 0 Å². The van der Waals surface area contributed by atoms with E-state index in [1.807, 2.05) is 0 Å². The Kier molecular flexibility index (Phi) is 4.22. The lowest BCUT2D eigenvalue weighted by atomic mass is 10.0. The van der Waals surface area contributed by atoms with Gasteiger partial charge in [-0.1, -0.05) is 20.3 Å². The third-order valence-corrected chi connectivity index (χ3v) is 2.41. The number of esters is 1. The Morgan fingerprint density at radius 3 is 2.77 bits per heavy atom. The zero-order valence-electron chi connectivity index (χ0n) is 8.51. The zero-order valence-corrected chi connectivity index (χ0v) is 8.51. The molecule has 1 heterocycles. The van der Waals surface area contributed by atoms with E-state index in [0.717, 1.165) is 25.9 Å². The quantitative estimate of drug-likeness (QED) is 0.654. The van der Waals surface area contributed by atoms with Gasteiger partial charge >= 0.3 is 5.97 Å². The molecule has 3 heteroatoms. The predicted octanol–water partition coefficient (Wildman–Crippen LogP) is 1.19. The van der Waals surface area contributed by atoms with E-state index in [4.69, 9.17) is 4.74 Å². The highest BCUT2D eigenvalue weighted by Gasteiger charge is 2.26. The van der Waals surface area contributed by atoms with Crippen molar-refractivity contribution in [3.63, 3.8) is 0 Å². The average Bonchev–Trinajstić information content (AvgIpc) is 1.98. The highest BCUT2D eigenvalue weighted by Crippen LogP contribution is 2.09. The van der Waals surface area contributed by atoms with Crippen molar-refractivity contribution in [1.29, 1.82) is 0 Å². The molecule has 0 amide bonds. The first-order chi connectivity index (χ1) is 6.24. The summed E-state index contributed by atoms with van der Waals surface area (Å²) in [7, 11) is 0. The first-order valence-corrected chi connectivity index (χ1v) is 5.11. The minimum atomic E-state index is -0.0262. The lowest BCUT2D eigenvalue weighted by Gasteiger charge is -2.25. The molecule has 3 nitrogen and oxygen atoms in total. The van der Waals surface area contributed by atoms with E-state index in [9.17, 15) is 4.79 Å². The normalized spacial score (nSPS) is 19.2. The minimum absolute atomic E-state index is 0.0262. The van der Waals surface area contributed by atoms with Crippen LogP contribution in [0.4, 0.5) is 0 Å². The lowest BCUT2D eigenvalue weighted by Crippen LogP contribution is -2.47. The minimum Gasteiger partial charge on any atom is -0.465 e. The van der Waals surface area contributed by atoms with Gasteiger partial charge in [-0.05, 0) is 12.3 Å². The van der Waals surface area contributed by atoms with Gasteiger partial charge in [-0.25, -0.2) is 0 Å². The summed E-state index contributed by atoms with van der Waals surface area (Å²) in [5, 5.41) is 3.05. The molecule has 0 aromatic carbocycles. The summed E-state index contributed by atoms with van der Waals surface area (Å²) in [6.07, 6.45) is 2.29. The number of carbonyl (C=O) groups is 1. The monoisotopic (exact) mass is 185 g/mol. The van der Waals surface area contributed by atoms with Gasteiger partial charge in [0.2, 0.25) is 0 Å². The van der Waals surface area contributed by atoms with Gasteiger partial charge in [0.15, 0.2) is 0 Å². The van der Waals surface area contributed by atoms with Crippen molar-refractivity contribution >= 4 is 5.97 Å². The first-order valence-electron chi connectivity index (χ1n) is 5.11. The highest BCUT2D eigenvalue weighted by atomic mass is 16.5. The van der Waals surface area contributed by atoms with Crippen molar-refractivity contribution in [2.75, 3.05) is 19.7 Å². The van der Waals surface area contributed by atoms with E-state index >= 15 is 0 Å². The summed E-state index contributed by atoms with van der Waals surface area (Å²) in [6, 6.07) is 0. The smallest absolute Gasteiger partial charge is 0.311 e. The van der Waals surface area contributed by atoms with Crippen LogP contribution in [0.25, 0.3) is 0 Å². The second kappa shape index (κ2) is 5.22. The van der Waals surface area contributed by atoms with E-state index < -0.39 is 0 Å². The summed E-state index contributed by atoms with van der Waals surface area (Å²) >= 11 is 0. The molecule has 1 saturated heterocycles. The van der Waals surface area contributed by atoms with Gasteiger partial charge in [-0.15, -0.1) is 0 Å². The van der Waals surface area contributed by atoms with E-state index in [1.54, 1.807) is 0 Å². The lowest BCUT2D eigenvalue weighted by molar-refractivity contribution is -0.151. The Balaban J connectivity index is 2.06. The van der Waals surface area contributed by atoms with Crippen LogP contribution >= 0.6 is 0 Å². The van der Waals surface area contributed by atoms with Crippen LogP contribution < -0.4 is 5.32 Å². The van der Waals surface area contributed by atoms with Gasteiger partial charge < -0.3 is 10.1 Å². The van der Waals surface area contributed by atoms with E-state index in [0.29, 0.717) is 12.5 Å². The molecule has 0 aromatic rings. The van der Waals surface area contributed by atoms with E-state index in [-0.39, 0.29) is 11.9 Å². The number of rotatable bonds is 5. The zero-order chi connectivity index (χ0) is 9.68. The molecule has 1 atom stereocenters. The third kappa shape index (κ3) is 3.35. The number of hydrogen-bond donors (Lipinski definition) is 1. The Morgan fingerprint density at radius 2 is 2.31 bits per heavy atom. The van der Waals surface area contributed by atoms with Crippen LogP contribution in [0.2, 0.25) is 0 Å². The molecule has 13 heavy (non-hydrogen) atoms. The summed E-state index contributed by atoms with van der Waals surface area (Å²) in [6.45, 7) is 6.44. The number of hydrogen-bond acceptors (Lipinski definition) is 3.